The van der Waals surface area contributed by atoms with Crippen LogP contribution in [0.1, 0.15) is 17.2 Å². The fourth-order valence-corrected chi connectivity index (χ4v) is 3.87. The van der Waals surface area contributed by atoms with Crippen molar-refractivity contribution >= 4 is 23.1 Å². The molecule has 4 rings (SSSR count). The molecule has 3 aromatic rings. The van der Waals surface area contributed by atoms with Crippen LogP contribution in [-0.2, 0) is 9.59 Å². The highest BCUT2D eigenvalue weighted by molar-refractivity contribution is 6.51. The molecule has 0 aliphatic carbocycles. The van der Waals surface area contributed by atoms with Crippen LogP contribution in [0.15, 0.2) is 72.3 Å². The molecular formula is C25H20FNO6. The van der Waals surface area contributed by atoms with Crippen LogP contribution < -0.4 is 14.4 Å². The van der Waals surface area contributed by atoms with Crippen molar-refractivity contribution in [2.75, 3.05) is 19.1 Å². The van der Waals surface area contributed by atoms with E-state index in [-0.39, 0.29) is 28.3 Å². The van der Waals surface area contributed by atoms with Gasteiger partial charge in [-0.05, 0) is 48.0 Å². The first-order chi connectivity index (χ1) is 15.8. The summed E-state index contributed by atoms with van der Waals surface area (Å²) in [7, 11) is 2.87. The smallest absolute Gasteiger partial charge is 0.300 e. The van der Waals surface area contributed by atoms with Gasteiger partial charge in [-0.25, -0.2) is 4.39 Å². The Balaban J connectivity index is 1.98. The van der Waals surface area contributed by atoms with Gasteiger partial charge < -0.3 is 19.7 Å². The quantitative estimate of drug-likeness (QED) is 0.345. The second-order valence-electron chi connectivity index (χ2n) is 7.31. The summed E-state index contributed by atoms with van der Waals surface area (Å²) in [6.45, 7) is 0. The Hall–Kier alpha value is -4.33. The number of ketones is 1. The molecule has 0 spiro atoms. The van der Waals surface area contributed by atoms with E-state index in [2.05, 4.69) is 0 Å². The van der Waals surface area contributed by atoms with Gasteiger partial charge in [-0.1, -0.05) is 18.2 Å². The number of nitrogens with zero attached hydrogens (tertiary/aromatic N) is 1. The molecule has 0 aromatic heterocycles. The van der Waals surface area contributed by atoms with Crippen LogP contribution in [-0.4, -0.2) is 36.1 Å². The van der Waals surface area contributed by atoms with Crippen molar-refractivity contribution in [3.8, 4) is 17.2 Å². The van der Waals surface area contributed by atoms with Gasteiger partial charge >= 0.3 is 0 Å². The molecule has 1 fully saturated rings. The number of methoxy groups -OCH3 is 2. The number of ether oxygens (including phenoxy) is 2. The first-order valence-corrected chi connectivity index (χ1v) is 9.93. The van der Waals surface area contributed by atoms with Gasteiger partial charge in [-0.15, -0.1) is 0 Å². The zero-order chi connectivity index (χ0) is 23.7. The number of aliphatic hydroxyl groups excluding tert-OH is 1. The van der Waals surface area contributed by atoms with Crippen LogP contribution in [0, 0.1) is 5.82 Å². The lowest BCUT2D eigenvalue weighted by Gasteiger charge is -2.25. The number of rotatable bonds is 5. The number of anilines is 1. The van der Waals surface area contributed by atoms with E-state index in [1.54, 1.807) is 18.2 Å². The van der Waals surface area contributed by atoms with Crippen molar-refractivity contribution in [1.29, 1.82) is 0 Å². The average molecular weight is 449 g/mol. The third-order valence-electron chi connectivity index (χ3n) is 5.38. The predicted octanol–water partition coefficient (Wildman–Crippen LogP) is 4.17. The monoisotopic (exact) mass is 449 g/mol. The standard InChI is InChI=1S/C25H20FNO6/c1-32-18-9-10-19(20(13-18)33-2)23(29)21-22(14-5-3-8-17(28)11-14)27(25(31)24(21)30)16-7-4-6-15(26)12-16/h3-13,22,28-29H,1-2H3/b23-21-. The molecule has 2 N–H and O–H groups in total. The predicted molar refractivity (Wildman–Crippen MR) is 119 cm³/mol. The molecule has 0 radical (unpaired) electrons. The largest absolute Gasteiger partial charge is 0.508 e. The molecule has 1 aliphatic heterocycles. The van der Waals surface area contributed by atoms with Crippen LogP contribution in [0.4, 0.5) is 10.1 Å². The third-order valence-corrected chi connectivity index (χ3v) is 5.38. The zero-order valence-electron chi connectivity index (χ0n) is 17.8. The number of carbonyl (C=O) groups is 2. The van der Waals surface area contributed by atoms with E-state index in [1.807, 2.05) is 0 Å². The summed E-state index contributed by atoms with van der Waals surface area (Å²) in [5.74, 6) is -2.38. The van der Waals surface area contributed by atoms with Crippen molar-refractivity contribution < 1.29 is 33.7 Å². The van der Waals surface area contributed by atoms with E-state index in [0.717, 1.165) is 11.0 Å². The average Bonchev–Trinajstić information content (AvgIpc) is 3.08. The van der Waals surface area contributed by atoms with Crippen molar-refractivity contribution in [2.45, 2.75) is 6.04 Å². The Morgan fingerprint density at radius 2 is 1.73 bits per heavy atom. The van der Waals surface area contributed by atoms with Crippen LogP contribution in [0.25, 0.3) is 5.76 Å². The van der Waals surface area contributed by atoms with E-state index in [4.69, 9.17) is 9.47 Å². The first-order valence-electron chi connectivity index (χ1n) is 9.93. The molecule has 168 valence electrons. The van der Waals surface area contributed by atoms with Crippen LogP contribution in [0.2, 0.25) is 0 Å². The van der Waals surface area contributed by atoms with Crippen molar-refractivity contribution in [2.24, 2.45) is 0 Å². The number of aliphatic hydroxyl groups is 1. The number of phenols is 1. The van der Waals surface area contributed by atoms with Gasteiger partial charge in [0.05, 0.1) is 31.4 Å². The van der Waals surface area contributed by atoms with Gasteiger partial charge in [-0.2, -0.15) is 0 Å². The second kappa shape index (κ2) is 8.66. The molecule has 3 aromatic carbocycles. The van der Waals surface area contributed by atoms with Crippen molar-refractivity contribution in [3.63, 3.8) is 0 Å². The minimum Gasteiger partial charge on any atom is -0.508 e. The van der Waals surface area contributed by atoms with E-state index in [9.17, 15) is 24.2 Å². The minimum absolute atomic E-state index is 0.0978. The minimum atomic E-state index is -1.12. The molecule has 8 heteroatoms. The first kappa shape index (κ1) is 21.9. The number of Topliss-reactive ketones (excluding diaryl/α,β-unsaturated/α-hetero) is 1. The SMILES string of the molecule is COc1ccc(/C(O)=C2/C(=O)C(=O)N(c3cccc(F)c3)C2c2cccc(O)c2)c(OC)c1. The maximum Gasteiger partial charge on any atom is 0.300 e. The number of hydrogen-bond acceptors (Lipinski definition) is 6. The maximum atomic E-state index is 14.0. The van der Waals surface area contributed by atoms with Gasteiger partial charge in [0.1, 0.15) is 28.8 Å². The molecule has 7 nitrogen and oxygen atoms in total. The Bertz CT molecular complexity index is 1290. The summed E-state index contributed by atoms with van der Waals surface area (Å²) < 4.78 is 24.5. The highest BCUT2D eigenvalue weighted by Crippen LogP contribution is 2.44. The highest BCUT2D eigenvalue weighted by Gasteiger charge is 2.47. The van der Waals surface area contributed by atoms with Crippen molar-refractivity contribution in [1.82, 2.24) is 0 Å². The molecule has 33 heavy (non-hydrogen) atoms. The Kier molecular flexibility index (Phi) is 5.74. The van der Waals surface area contributed by atoms with Crippen LogP contribution in [0.5, 0.6) is 17.2 Å². The molecular weight excluding hydrogens is 429 g/mol. The van der Waals surface area contributed by atoms with E-state index in [0.29, 0.717) is 11.3 Å². The molecule has 1 saturated heterocycles. The fraction of sp³-hybridized carbons (Fsp3) is 0.120. The topological polar surface area (TPSA) is 96.3 Å². The number of amides is 1. The number of halogens is 1. The molecule has 1 unspecified atom stereocenters. The van der Waals surface area contributed by atoms with E-state index < -0.39 is 29.3 Å². The molecule has 0 saturated carbocycles. The Morgan fingerprint density at radius 3 is 2.39 bits per heavy atom. The van der Waals surface area contributed by atoms with Crippen molar-refractivity contribution in [3.05, 3.63) is 89.2 Å². The molecule has 1 atom stereocenters. The van der Waals surface area contributed by atoms with E-state index >= 15 is 0 Å². The van der Waals surface area contributed by atoms with E-state index in [1.165, 1.54) is 56.7 Å². The zero-order valence-corrected chi connectivity index (χ0v) is 17.8. The third kappa shape index (κ3) is 3.87. The lowest BCUT2D eigenvalue weighted by Crippen LogP contribution is -2.29. The lowest BCUT2D eigenvalue weighted by molar-refractivity contribution is -0.132. The number of hydrogen-bond donors (Lipinski definition) is 2. The summed E-state index contributed by atoms with van der Waals surface area (Å²) in [4.78, 5) is 27.3. The second-order valence-corrected chi connectivity index (χ2v) is 7.31. The van der Waals surface area contributed by atoms with Gasteiger partial charge in [0, 0.05) is 11.8 Å². The Labute approximate surface area is 188 Å². The summed E-state index contributed by atoms with van der Waals surface area (Å²) in [6, 6.07) is 14.7. The summed E-state index contributed by atoms with van der Waals surface area (Å²) >= 11 is 0. The molecule has 1 amide bonds. The number of phenolic OH excluding ortho intramolecular Hbond substituents is 1. The summed E-state index contributed by atoms with van der Waals surface area (Å²) in [5, 5.41) is 21.3. The van der Waals surface area contributed by atoms with Gasteiger partial charge in [-0.3, -0.25) is 14.5 Å². The normalized spacial score (nSPS) is 17.3. The van der Waals surface area contributed by atoms with Crippen LogP contribution >= 0.6 is 0 Å². The number of carbonyl (C=O) groups excluding carboxylic acids is 2. The highest BCUT2D eigenvalue weighted by atomic mass is 19.1. The van der Waals surface area contributed by atoms with Crippen LogP contribution in [0.3, 0.4) is 0 Å². The molecule has 0 bridgehead atoms. The van der Waals surface area contributed by atoms with Gasteiger partial charge in [0.15, 0.2) is 0 Å². The number of benzene rings is 3. The summed E-state index contributed by atoms with van der Waals surface area (Å²) in [5.41, 5.74) is 0.428. The fourth-order valence-electron chi connectivity index (χ4n) is 3.87. The lowest BCUT2D eigenvalue weighted by atomic mass is 9.94. The maximum absolute atomic E-state index is 14.0. The molecule has 1 aliphatic rings. The Morgan fingerprint density at radius 1 is 0.970 bits per heavy atom. The number of aromatic hydroxyl groups is 1. The van der Waals surface area contributed by atoms with Gasteiger partial charge in [0.2, 0.25) is 0 Å². The summed E-state index contributed by atoms with van der Waals surface area (Å²) in [6.07, 6.45) is 0. The van der Waals surface area contributed by atoms with Gasteiger partial charge in [0.25, 0.3) is 11.7 Å². The molecule has 1 heterocycles.